The molecule has 1 aromatic heterocycles. The van der Waals surface area contributed by atoms with Crippen LogP contribution < -0.4 is 0 Å². The van der Waals surface area contributed by atoms with Crippen molar-refractivity contribution < 1.29 is 19.4 Å². The van der Waals surface area contributed by atoms with E-state index in [1.165, 1.54) is 24.1 Å². The van der Waals surface area contributed by atoms with Crippen molar-refractivity contribution in [3.8, 4) is 0 Å². The first-order valence-electron chi connectivity index (χ1n) is 5.82. The van der Waals surface area contributed by atoms with Gasteiger partial charge in [0.25, 0.3) is 5.91 Å². The maximum absolute atomic E-state index is 12.4. The zero-order chi connectivity index (χ0) is 14.9. The number of nitrogens with zero attached hydrogens (tertiary/aromatic N) is 2. The van der Waals surface area contributed by atoms with Crippen LogP contribution in [0, 0.1) is 0 Å². The number of aromatic nitrogens is 1. The molecule has 1 N–H and O–H groups in total. The van der Waals surface area contributed by atoms with Gasteiger partial charge in [0.1, 0.15) is 16.3 Å². The molecule has 1 fully saturated rings. The first kappa shape index (κ1) is 15.0. The van der Waals surface area contributed by atoms with Gasteiger partial charge in [-0.3, -0.25) is 4.79 Å². The summed E-state index contributed by atoms with van der Waals surface area (Å²) >= 11 is 11.5. The maximum atomic E-state index is 12.4. The average molecular weight is 319 g/mol. The van der Waals surface area contributed by atoms with E-state index in [4.69, 9.17) is 27.9 Å². The van der Waals surface area contributed by atoms with Crippen molar-refractivity contribution >= 4 is 35.1 Å². The van der Waals surface area contributed by atoms with Gasteiger partial charge < -0.3 is 14.7 Å². The summed E-state index contributed by atoms with van der Waals surface area (Å²) in [7, 11) is 1.48. The summed E-state index contributed by atoms with van der Waals surface area (Å²) < 4.78 is 5.13. The van der Waals surface area contributed by atoms with Gasteiger partial charge in [-0.1, -0.05) is 23.2 Å². The Hall–Kier alpha value is -1.37. The van der Waals surface area contributed by atoms with Crippen LogP contribution in [0.25, 0.3) is 0 Å². The summed E-state index contributed by atoms with van der Waals surface area (Å²) in [6.07, 6.45) is -0.0442. The third-order valence-electron chi connectivity index (χ3n) is 3.15. The molecule has 0 spiro atoms. The summed E-state index contributed by atoms with van der Waals surface area (Å²) in [5.41, 5.74) is 0.206. The van der Waals surface area contributed by atoms with Gasteiger partial charge >= 0.3 is 5.97 Å². The number of carboxylic acids is 1. The van der Waals surface area contributed by atoms with Gasteiger partial charge in [0, 0.05) is 25.6 Å². The minimum atomic E-state index is -1.07. The predicted molar refractivity (Wildman–Crippen MR) is 72.1 cm³/mol. The van der Waals surface area contributed by atoms with Crippen molar-refractivity contribution in [1.82, 2.24) is 9.88 Å². The lowest BCUT2D eigenvalue weighted by molar-refractivity contribution is -0.141. The first-order valence-corrected chi connectivity index (χ1v) is 6.57. The lowest BCUT2D eigenvalue weighted by Crippen LogP contribution is -2.40. The second kappa shape index (κ2) is 5.95. The summed E-state index contributed by atoms with van der Waals surface area (Å²) in [4.78, 5) is 28.6. The zero-order valence-electron chi connectivity index (χ0n) is 10.5. The number of carbonyl (C=O) groups excluding carboxylic acids is 1. The minimum Gasteiger partial charge on any atom is -0.480 e. The Morgan fingerprint density at radius 3 is 2.50 bits per heavy atom. The Morgan fingerprint density at radius 1 is 1.40 bits per heavy atom. The van der Waals surface area contributed by atoms with Crippen LogP contribution in [0.15, 0.2) is 12.1 Å². The predicted octanol–water partition coefficient (Wildman–Crippen LogP) is 1.70. The van der Waals surface area contributed by atoms with Crippen LogP contribution in [0.2, 0.25) is 10.3 Å². The highest BCUT2D eigenvalue weighted by atomic mass is 35.5. The van der Waals surface area contributed by atoms with Crippen LogP contribution in [-0.4, -0.2) is 52.7 Å². The number of halogens is 2. The molecule has 108 valence electrons. The molecule has 1 aliphatic heterocycles. The van der Waals surface area contributed by atoms with E-state index >= 15 is 0 Å². The van der Waals surface area contributed by atoms with E-state index in [1.54, 1.807) is 0 Å². The van der Waals surface area contributed by atoms with Crippen LogP contribution in [-0.2, 0) is 9.53 Å². The lowest BCUT2D eigenvalue weighted by atomic mass is 10.2. The van der Waals surface area contributed by atoms with Gasteiger partial charge in [-0.2, -0.15) is 0 Å². The van der Waals surface area contributed by atoms with Gasteiger partial charge in [-0.15, -0.1) is 0 Å². The monoisotopic (exact) mass is 318 g/mol. The third-order valence-corrected chi connectivity index (χ3v) is 3.54. The lowest BCUT2D eigenvalue weighted by Gasteiger charge is -2.21. The molecule has 0 saturated carbocycles. The molecular formula is C12H12Cl2N2O4. The van der Waals surface area contributed by atoms with Crippen LogP contribution in [0.5, 0.6) is 0 Å². The largest absolute Gasteiger partial charge is 0.480 e. The molecule has 2 rings (SSSR count). The normalized spacial score (nSPS) is 22.1. The molecule has 20 heavy (non-hydrogen) atoms. The molecule has 1 saturated heterocycles. The number of amides is 1. The Morgan fingerprint density at radius 2 is 2.00 bits per heavy atom. The second-order valence-corrected chi connectivity index (χ2v) is 5.18. The van der Waals surface area contributed by atoms with Gasteiger partial charge in [0.2, 0.25) is 0 Å². The molecule has 8 heteroatoms. The molecule has 0 radical (unpaired) electrons. The van der Waals surface area contributed by atoms with Crippen molar-refractivity contribution in [1.29, 1.82) is 0 Å². The van der Waals surface area contributed by atoms with Gasteiger partial charge in [-0.05, 0) is 12.1 Å². The highest BCUT2D eigenvalue weighted by Crippen LogP contribution is 2.24. The van der Waals surface area contributed by atoms with Crippen LogP contribution >= 0.6 is 23.2 Å². The first-order chi connectivity index (χ1) is 9.42. The molecular weight excluding hydrogens is 307 g/mol. The van der Waals surface area contributed by atoms with E-state index in [-0.39, 0.29) is 34.9 Å². The van der Waals surface area contributed by atoms with E-state index < -0.39 is 17.9 Å². The summed E-state index contributed by atoms with van der Waals surface area (Å²) in [5, 5.41) is 9.35. The number of hydrogen-bond donors (Lipinski definition) is 1. The van der Waals surface area contributed by atoms with Crippen LogP contribution in [0.3, 0.4) is 0 Å². The smallest absolute Gasteiger partial charge is 0.326 e. The third kappa shape index (κ3) is 3.03. The van der Waals surface area contributed by atoms with E-state index in [1.807, 2.05) is 0 Å². The number of carbonyl (C=O) groups is 2. The van der Waals surface area contributed by atoms with E-state index in [0.29, 0.717) is 0 Å². The number of rotatable bonds is 3. The van der Waals surface area contributed by atoms with Crippen LogP contribution in [0.1, 0.15) is 16.8 Å². The summed E-state index contributed by atoms with van der Waals surface area (Å²) in [5.74, 6) is -1.52. The molecule has 0 aliphatic carbocycles. The number of methoxy groups -OCH3 is 1. The fourth-order valence-electron chi connectivity index (χ4n) is 2.18. The molecule has 2 heterocycles. The zero-order valence-corrected chi connectivity index (χ0v) is 12.1. The van der Waals surface area contributed by atoms with Crippen molar-refractivity contribution in [2.45, 2.75) is 18.6 Å². The Kier molecular flexibility index (Phi) is 4.47. The van der Waals surface area contributed by atoms with Gasteiger partial charge in [0.05, 0.1) is 6.10 Å². The van der Waals surface area contributed by atoms with Crippen molar-refractivity contribution in [3.63, 3.8) is 0 Å². The molecule has 6 nitrogen and oxygen atoms in total. The topological polar surface area (TPSA) is 79.7 Å². The van der Waals surface area contributed by atoms with Crippen molar-refractivity contribution in [2.24, 2.45) is 0 Å². The number of pyridine rings is 1. The quantitative estimate of drug-likeness (QED) is 0.858. The molecule has 1 amide bonds. The highest BCUT2D eigenvalue weighted by molar-refractivity contribution is 6.33. The number of carboxylic acid groups (broad SMARTS) is 1. The number of aliphatic carboxylic acids is 1. The Labute approximate surface area is 125 Å². The summed E-state index contributed by atoms with van der Waals surface area (Å²) in [6.45, 7) is 0.212. The second-order valence-electron chi connectivity index (χ2n) is 4.41. The molecule has 1 aromatic rings. The fraction of sp³-hybridized carbons (Fsp3) is 0.417. The molecule has 2 unspecified atom stereocenters. The Balaban J connectivity index is 2.28. The molecule has 0 bridgehead atoms. The van der Waals surface area contributed by atoms with Crippen molar-refractivity contribution in [3.05, 3.63) is 28.0 Å². The van der Waals surface area contributed by atoms with Gasteiger partial charge in [-0.25, -0.2) is 9.78 Å². The Bertz CT molecular complexity index is 532. The van der Waals surface area contributed by atoms with Gasteiger partial charge in [0.15, 0.2) is 0 Å². The number of hydrogen-bond acceptors (Lipinski definition) is 4. The minimum absolute atomic E-state index is 0.0789. The maximum Gasteiger partial charge on any atom is 0.326 e. The molecule has 2 atom stereocenters. The van der Waals surface area contributed by atoms with E-state index in [9.17, 15) is 14.7 Å². The molecule has 0 aromatic carbocycles. The van der Waals surface area contributed by atoms with Crippen LogP contribution in [0.4, 0.5) is 0 Å². The standard InChI is InChI=1S/C12H12Cl2N2O4/c1-20-7-4-8(12(18)19)16(5-7)11(17)6-2-9(13)15-10(14)3-6/h2-3,7-8H,4-5H2,1H3,(H,18,19). The number of likely N-dealkylation sites (tertiary alicyclic amines) is 1. The number of ether oxygens (including phenoxy) is 1. The highest BCUT2D eigenvalue weighted by Gasteiger charge is 2.40. The SMILES string of the molecule is COC1CC(C(=O)O)N(C(=O)c2cc(Cl)nc(Cl)c2)C1. The van der Waals surface area contributed by atoms with E-state index in [0.717, 1.165) is 0 Å². The fourth-order valence-corrected chi connectivity index (χ4v) is 2.64. The van der Waals surface area contributed by atoms with E-state index in [2.05, 4.69) is 4.98 Å². The average Bonchev–Trinajstić information content (AvgIpc) is 2.81. The summed E-state index contributed by atoms with van der Waals surface area (Å²) in [6, 6.07) is 1.79. The van der Waals surface area contributed by atoms with Crippen molar-refractivity contribution in [2.75, 3.05) is 13.7 Å². The molecule has 1 aliphatic rings.